The molecule has 1 atom stereocenters. The SMILES string of the molecule is CC(=O)c1ccc(S(=O)(=O)NCCC(=O)OC(C)C(=O)N2CCOCC2)cc1. The van der Waals surface area contributed by atoms with Crippen LogP contribution in [0, 0.1) is 0 Å². The van der Waals surface area contributed by atoms with Crippen LogP contribution in [-0.2, 0) is 29.1 Å². The molecule has 1 aliphatic heterocycles. The van der Waals surface area contributed by atoms with Crippen LogP contribution in [0.5, 0.6) is 0 Å². The monoisotopic (exact) mass is 412 g/mol. The highest BCUT2D eigenvalue weighted by Crippen LogP contribution is 2.11. The second kappa shape index (κ2) is 9.76. The summed E-state index contributed by atoms with van der Waals surface area (Å²) < 4.78 is 37.0. The highest BCUT2D eigenvalue weighted by atomic mass is 32.2. The molecule has 1 fully saturated rings. The van der Waals surface area contributed by atoms with E-state index in [1.54, 1.807) is 4.90 Å². The Morgan fingerprint density at radius 2 is 1.79 bits per heavy atom. The number of hydrogen-bond donors (Lipinski definition) is 1. The maximum Gasteiger partial charge on any atom is 0.307 e. The fraction of sp³-hybridized carbons (Fsp3) is 0.500. The number of amides is 1. The predicted molar refractivity (Wildman–Crippen MR) is 99.2 cm³/mol. The molecular weight excluding hydrogens is 388 g/mol. The molecule has 1 unspecified atom stereocenters. The molecule has 0 radical (unpaired) electrons. The highest BCUT2D eigenvalue weighted by Gasteiger charge is 2.25. The normalized spacial score (nSPS) is 15.7. The van der Waals surface area contributed by atoms with Crippen molar-refractivity contribution in [2.45, 2.75) is 31.3 Å². The lowest BCUT2D eigenvalue weighted by Gasteiger charge is -2.28. The van der Waals surface area contributed by atoms with E-state index in [0.717, 1.165) is 0 Å². The molecule has 1 saturated heterocycles. The van der Waals surface area contributed by atoms with Crippen molar-refractivity contribution in [1.29, 1.82) is 0 Å². The summed E-state index contributed by atoms with van der Waals surface area (Å²) in [6.07, 6.45) is -1.16. The summed E-state index contributed by atoms with van der Waals surface area (Å²) in [6, 6.07) is 5.48. The Hall–Kier alpha value is -2.30. The van der Waals surface area contributed by atoms with Crippen molar-refractivity contribution in [2.75, 3.05) is 32.8 Å². The zero-order valence-electron chi connectivity index (χ0n) is 15.8. The Balaban J connectivity index is 1.80. The van der Waals surface area contributed by atoms with Crippen molar-refractivity contribution in [3.63, 3.8) is 0 Å². The number of nitrogens with one attached hydrogen (secondary N) is 1. The molecule has 1 aliphatic rings. The third kappa shape index (κ3) is 6.11. The van der Waals surface area contributed by atoms with Gasteiger partial charge in [-0.3, -0.25) is 14.4 Å². The largest absolute Gasteiger partial charge is 0.452 e. The average Bonchev–Trinajstić information content (AvgIpc) is 2.67. The summed E-state index contributed by atoms with van der Waals surface area (Å²) in [7, 11) is -3.82. The first-order valence-corrected chi connectivity index (χ1v) is 10.4. The van der Waals surface area contributed by atoms with Crippen LogP contribution in [0.15, 0.2) is 29.2 Å². The molecule has 1 aromatic carbocycles. The number of ketones is 1. The van der Waals surface area contributed by atoms with Gasteiger partial charge in [0.1, 0.15) is 0 Å². The van der Waals surface area contributed by atoms with Crippen LogP contribution < -0.4 is 4.72 Å². The van der Waals surface area contributed by atoms with E-state index in [0.29, 0.717) is 31.9 Å². The molecule has 0 saturated carbocycles. The molecule has 0 bridgehead atoms. The van der Waals surface area contributed by atoms with Gasteiger partial charge in [-0.15, -0.1) is 0 Å². The van der Waals surface area contributed by atoms with Gasteiger partial charge in [0.15, 0.2) is 11.9 Å². The van der Waals surface area contributed by atoms with Gasteiger partial charge in [-0.05, 0) is 26.0 Å². The number of Topliss-reactive ketones (excluding diaryl/α,β-unsaturated/α-hetero) is 1. The Kier molecular flexibility index (Phi) is 7.67. The van der Waals surface area contributed by atoms with Gasteiger partial charge in [-0.2, -0.15) is 0 Å². The molecule has 1 aromatic rings. The fourth-order valence-electron chi connectivity index (χ4n) is 2.59. The van der Waals surface area contributed by atoms with E-state index in [2.05, 4.69) is 4.72 Å². The van der Waals surface area contributed by atoms with Crippen LogP contribution in [0.2, 0.25) is 0 Å². The first-order valence-electron chi connectivity index (χ1n) is 8.87. The molecule has 10 heteroatoms. The molecule has 0 aliphatic carbocycles. The minimum absolute atomic E-state index is 0.0123. The van der Waals surface area contributed by atoms with Gasteiger partial charge in [-0.1, -0.05) is 12.1 Å². The summed E-state index contributed by atoms with van der Waals surface area (Å²) in [5.41, 5.74) is 0.404. The zero-order valence-corrected chi connectivity index (χ0v) is 16.7. The quantitative estimate of drug-likeness (QED) is 0.483. The van der Waals surface area contributed by atoms with Crippen molar-refractivity contribution in [3.8, 4) is 0 Å². The molecule has 0 spiro atoms. The summed E-state index contributed by atoms with van der Waals surface area (Å²) >= 11 is 0. The first-order chi connectivity index (χ1) is 13.2. The standard InChI is InChI=1S/C18H24N2O7S/c1-13(21)15-3-5-16(6-4-15)28(24,25)19-8-7-17(22)27-14(2)18(23)20-9-11-26-12-10-20/h3-6,14,19H,7-12H2,1-2H3. The average molecular weight is 412 g/mol. The van der Waals surface area contributed by atoms with Gasteiger partial charge in [0.2, 0.25) is 10.0 Å². The lowest BCUT2D eigenvalue weighted by Crippen LogP contribution is -2.46. The van der Waals surface area contributed by atoms with E-state index in [1.807, 2.05) is 0 Å². The second-order valence-corrected chi connectivity index (χ2v) is 8.07. The van der Waals surface area contributed by atoms with Gasteiger partial charge >= 0.3 is 5.97 Å². The van der Waals surface area contributed by atoms with E-state index < -0.39 is 22.1 Å². The molecule has 154 valence electrons. The Labute approximate surface area is 164 Å². The number of carbonyl (C=O) groups is 3. The number of hydrogen-bond acceptors (Lipinski definition) is 7. The lowest BCUT2D eigenvalue weighted by atomic mass is 10.2. The van der Waals surface area contributed by atoms with Crippen LogP contribution in [0.1, 0.15) is 30.6 Å². The van der Waals surface area contributed by atoms with Gasteiger partial charge in [0.25, 0.3) is 5.91 Å². The second-order valence-electron chi connectivity index (χ2n) is 6.30. The van der Waals surface area contributed by atoms with Gasteiger partial charge in [0, 0.05) is 25.2 Å². The van der Waals surface area contributed by atoms with E-state index in [4.69, 9.17) is 9.47 Å². The van der Waals surface area contributed by atoms with Gasteiger partial charge in [-0.25, -0.2) is 13.1 Å². The van der Waals surface area contributed by atoms with Crippen LogP contribution in [0.25, 0.3) is 0 Å². The summed E-state index contributed by atoms with van der Waals surface area (Å²) in [6.45, 7) is 4.48. The van der Waals surface area contributed by atoms with Crippen molar-refractivity contribution >= 4 is 27.7 Å². The van der Waals surface area contributed by atoms with Gasteiger partial charge in [0.05, 0.1) is 24.5 Å². The number of sulfonamides is 1. The Bertz CT molecular complexity index is 815. The zero-order chi connectivity index (χ0) is 20.7. The van der Waals surface area contributed by atoms with Crippen LogP contribution >= 0.6 is 0 Å². The van der Waals surface area contributed by atoms with Crippen LogP contribution in [0.3, 0.4) is 0 Å². The lowest BCUT2D eigenvalue weighted by molar-refractivity contribution is -0.160. The number of nitrogens with zero attached hydrogens (tertiary/aromatic N) is 1. The first kappa shape index (κ1) is 22.0. The van der Waals surface area contributed by atoms with E-state index >= 15 is 0 Å². The number of benzene rings is 1. The maximum absolute atomic E-state index is 12.2. The summed E-state index contributed by atoms with van der Waals surface area (Å²) in [4.78, 5) is 36.9. The topological polar surface area (TPSA) is 119 Å². The van der Waals surface area contributed by atoms with Crippen LogP contribution in [0.4, 0.5) is 0 Å². The molecule has 2 rings (SSSR count). The third-order valence-corrected chi connectivity index (χ3v) is 5.65. The molecule has 9 nitrogen and oxygen atoms in total. The smallest absolute Gasteiger partial charge is 0.307 e. The molecule has 1 N–H and O–H groups in total. The number of ether oxygens (including phenoxy) is 2. The van der Waals surface area contributed by atoms with E-state index in [-0.39, 0.29) is 29.6 Å². The molecule has 0 aromatic heterocycles. The highest BCUT2D eigenvalue weighted by molar-refractivity contribution is 7.89. The summed E-state index contributed by atoms with van der Waals surface area (Å²) in [5.74, 6) is -1.15. The van der Waals surface area contributed by atoms with Crippen molar-refractivity contribution in [3.05, 3.63) is 29.8 Å². The molecular formula is C18H24N2O7S. The third-order valence-electron chi connectivity index (χ3n) is 4.17. The number of morpholine rings is 1. The number of esters is 1. The number of rotatable bonds is 8. The van der Waals surface area contributed by atoms with Crippen LogP contribution in [-0.4, -0.2) is 69.9 Å². The molecule has 1 amide bonds. The summed E-state index contributed by atoms with van der Waals surface area (Å²) in [5, 5.41) is 0. The predicted octanol–water partition coefficient (Wildman–Crippen LogP) is 0.348. The van der Waals surface area contributed by atoms with Gasteiger partial charge < -0.3 is 14.4 Å². The Morgan fingerprint density at radius 3 is 2.36 bits per heavy atom. The number of carbonyl (C=O) groups excluding carboxylic acids is 3. The molecule has 1 heterocycles. The van der Waals surface area contributed by atoms with Crippen molar-refractivity contribution in [2.24, 2.45) is 0 Å². The van der Waals surface area contributed by atoms with Crippen molar-refractivity contribution < 1.29 is 32.3 Å². The molecule has 28 heavy (non-hydrogen) atoms. The minimum atomic E-state index is -3.82. The maximum atomic E-state index is 12.2. The van der Waals surface area contributed by atoms with E-state index in [9.17, 15) is 22.8 Å². The Morgan fingerprint density at radius 1 is 1.18 bits per heavy atom. The van der Waals surface area contributed by atoms with E-state index in [1.165, 1.54) is 38.1 Å². The fourth-order valence-corrected chi connectivity index (χ4v) is 3.62. The van der Waals surface area contributed by atoms with Crippen molar-refractivity contribution in [1.82, 2.24) is 9.62 Å². The minimum Gasteiger partial charge on any atom is -0.452 e.